The molecule has 0 bridgehead atoms. The first-order valence-corrected chi connectivity index (χ1v) is 12.5. The number of nitro groups is 1. The van der Waals surface area contributed by atoms with Crippen LogP contribution in [0.1, 0.15) is 11.1 Å². The third kappa shape index (κ3) is 4.22. The van der Waals surface area contributed by atoms with Crippen molar-refractivity contribution in [3.8, 4) is 0 Å². The molecule has 1 heterocycles. The highest BCUT2D eigenvalue weighted by atomic mass is 32.2. The van der Waals surface area contributed by atoms with Gasteiger partial charge in [-0.3, -0.25) is 14.8 Å². The van der Waals surface area contributed by atoms with Crippen molar-refractivity contribution in [2.45, 2.75) is 22.8 Å². The molecule has 0 fully saturated rings. The van der Waals surface area contributed by atoms with E-state index >= 15 is 0 Å². The summed E-state index contributed by atoms with van der Waals surface area (Å²) in [5.74, 6) is 0. The Morgan fingerprint density at radius 1 is 0.844 bits per heavy atom. The molecule has 11 heteroatoms. The summed E-state index contributed by atoms with van der Waals surface area (Å²) in [7, 11) is -8.01. The van der Waals surface area contributed by atoms with Crippen LogP contribution in [0.15, 0.2) is 82.6 Å². The van der Waals surface area contributed by atoms with E-state index in [1.807, 2.05) is 24.3 Å². The SMILES string of the molecule is O=[N+]([O-])c1ccccc1S(=O)(=O)Nc1ccc(S(=O)(=O)N2CCc3ccccc3C2)cc1. The maximum absolute atomic E-state index is 13.0. The van der Waals surface area contributed by atoms with Gasteiger partial charge in [-0.25, -0.2) is 16.8 Å². The largest absolute Gasteiger partial charge is 0.289 e. The molecule has 0 saturated heterocycles. The minimum Gasteiger partial charge on any atom is -0.279 e. The molecule has 0 aliphatic carbocycles. The van der Waals surface area contributed by atoms with Crippen molar-refractivity contribution in [1.29, 1.82) is 0 Å². The number of sulfonamides is 2. The Morgan fingerprint density at radius 3 is 2.16 bits per heavy atom. The molecule has 0 aromatic heterocycles. The summed E-state index contributed by atoms with van der Waals surface area (Å²) in [6.07, 6.45) is 0.614. The molecule has 0 saturated carbocycles. The zero-order chi connectivity index (χ0) is 22.9. The number of nitrogens with one attached hydrogen (secondary N) is 1. The standard InChI is InChI=1S/C21H19N3O6S2/c25-24(26)20-7-3-4-8-21(20)31(27,28)22-18-9-11-19(12-10-18)32(29,30)23-14-13-16-5-1-2-6-17(16)15-23/h1-12,22H,13-15H2. The second-order valence-corrected chi connectivity index (χ2v) is 10.8. The molecule has 0 spiro atoms. The molecule has 0 amide bonds. The lowest BCUT2D eigenvalue weighted by atomic mass is 10.0. The van der Waals surface area contributed by atoms with Crippen molar-refractivity contribution in [3.63, 3.8) is 0 Å². The average molecular weight is 474 g/mol. The van der Waals surface area contributed by atoms with Gasteiger partial charge < -0.3 is 0 Å². The Morgan fingerprint density at radius 2 is 1.47 bits per heavy atom. The number of fused-ring (bicyclic) bond motifs is 1. The fourth-order valence-corrected chi connectivity index (χ4v) is 6.22. The molecule has 1 aliphatic rings. The second-order valence-electron chi connectivity index (χ2n) is 7.21. The van der Waals surface area contributed by atoms with Crippen LogP contribution in [-0.4, -0.2) is 32.6 Å². The fraction of sp³-hybridized carbons (Fsp3) is 0.143. The van der Waals surface area contributed by atoms with E-state index in [9.17, 15) is 26.9 Å². The number of nitro benzene ring substituents is 1. The van der Waals surface area contributed by atoms with Crippen LogP contribution in [0.3, 0.4) is 0 Å². The number of nitrogens with zero attached hydrogens (tertiary/aromatic N) is 2. The van der Waals surface area contributed by atoms with Crippen LogP contribution in [0.2, 0.25) is 0 Å². The smallest absolute Gasteiger partial charge is 0.279 e. The summed E-state index contributed by atoms with van der Waals surface area (Å²) in [4.78, 5) is 9.92. The van der Waals surface area contributed by atoms with Gasteiger partial charge >= 0.3 is 0 Å². The predicted molar refractivity (Wildman–Crippen MR) is 118 cm³/mol. The van der Waals surface area contributed by atoms with Crippen molar-refractivity contribution >= 4 is 31.4 Å². The molecule has 0 atom stereocenters. The van der Waals surface area contributed by atoms with Gasteiger partial charge in [-0.1, -0.05) is 36.4 Å². The average Bonchev–Trinajstić information content (AvgIpc) is 2.79. The molecular formula is C21H19N3O6S2. The highest BCUT2D eigenvalue weighted by Crippen LogP contribution is 2.28. The third-order valence-corrected chi connectivity index (χ3v) is 8.48. The summed E-state index contributed by atoms with van der Waals surface area (Å²) in [6, 6.07) is 17.9. The number of benzene rings is 3. The van der Waals surface area contributed by atoms with Gasteiger partial charge in [0.2, 0.25) is 10.0 Å². The minimum absolute atomic E-state index is 0.0329. The fourth-order valence-electron chi connectivity index (χ4n) is 3.56. The number of hydrogen-bond donors (Lipinski definition) is 1. The molecule has 9 nitrogen and oxygen atoms in total. The Kier molecular flexibility index (Phi) is 5.71. The first-order chi connectivity index (χ1) is 15.2. The Balaban J connectivity index is 1.55. The van der Waals surface area contributed by atoms with Crippen molar-refractivity contribution in [2.75, 3.05) is 11.3 Å². The van der Waals surface area contributed by atoms with Gasteiger partial charge in [0.25, 0.3) is 15.7 Å². The molecule has 3 aromatic carbocycles. The van der Waals surface area contributed by atoms with Crippen LogP contribution >= 0.6 is 0 Å². The minimum atomic E-state index is -4.24. The topological polar surface area (TPSA) is 127 Å². The summed E-state index contributed by atoms with van der Waals surface area (Å²) >= 11 is 0. The molecule has 32 heavy (non-hydrogen) atoms. The third-order valence-electron chi connectivity index (χ3n) is 5.19. The van der Waals surface area contributed by atoms with Crippen LogP contribution in [-0.2, 0) is 33.0 Å². The van der Waals surface area contributed by atoms with Gasteiger partial charge in [0, 0.05) is 24.8 Å². The molecule has 3 aromatic rings. The first kappa shape index (κ1) is 21.9. The second kappa shape index (κ2) is 8.34. The van der Waals surface area contributed by atoms with Crippen LogP contribution in [0.4, 0.5) is 11.4 Å². The summed E-state index contributed by atoms with van der Waals surface area (Å²) < 4.78 is 55.0. The predicted octanol–water partition coefficient (Wildman–Crippen LogP) is 3.14. The van der Waals surface area contributed by atoms with Crippen LogP contribution < -0.4 is 4.72 Å². The summed E-state index contributed by atoms with van der Waals surface area (Å²) in [5, 5.41) is 11.1. The van der Waals surface area contributed by atoms with Gasteiger partial charge in [-0.2, -0.15) is 4.31 Å². The molecule has 166 valence electrons. The Hall–Kier alpha value is -3.28. The number of para-hydroxylation sites is 1. The molecule has 0 unspecified atom stereocenters. The van der Waals surface area contributed by atoms with Crippen LogP contribution in [0.25, 0.3) is 0 Å². The van der Waals surface area contributed by atoms with Crippen molar-refractivity contribution in [1.82, 2.24) is 4.31 Å². The first-order valence-electron chi connectivity index (χ1n) is 9.62. The number of hydrogen-bond acceptors (Lipinski definition) is 6. The zero-order valence-corrected chi connectivity index (χ0v) is 18.3. The molecular weight excluding hydrogens is 454 g/mol. The molecule has 4 rings (SSSR count). The van der Waals surface area contributed by atoms with Crippen LogP contribution in [0.5, 0.6) is 0 Å². The van der Waals surface area contributed by atoms with Gasteiger partial charge in [0.05, 0.1) is 9.82 Å². The van der Waals surface area contributed by atoms with Gasteiger partial charge in [-0.15, -0.1) is 0 Å². The van der Waals surface area contributed by atoms with Gasteiger partial charge in [0.1, 0.15) is 0 Å². The Labute approximate surface area is 185 Å². The highest BCUT2D eigenvalue weighted by Gasteiger charge is 2.29. The Bertz CT molecular complexity index is 1390. The van der Waals surface area contributed by atoms with E-state index in [2.05, 4.69) is 4.72 Å². The van der Waals surface area contributed by atoms with E-state index in [0.717, 1.165) is 23.3 Å². The van der Waals surface area contributed by atoms with E-state index in [4.69, 9.17) is 0 Å². The number of anilines is 1. The molecule has 0 radical (unpaired) electrons. The zero-order valence-electron chi connectivity index (χ0n) is 16.7. The lowest BCUT2D eigenvalue weighted by Gasteiger charge is -2.28. The van der Waals surface area contributed by atoms with E-state index in [0.29, 0.717) is 13.0 Å². The summed E-state index contributed by atoms with van der Waals surface area (Å²) in [6.45, 7) is 0.621. The van der Waals surface area contributed by atoms with Crippen molar-refractivity contribution in [3.05, 3.63) is 94.0 Å². The van der Waals surface area contributed by atoms with Gasteiger partial charge in [-0.05, 0) is 47.9 Å². The van der Waals surface area contributed by atoms with Crippen molar-refractivity contribution in [2.24, 2.45) is 0 Å². The van der Waals surface area contributed by atoms with Crippen molar-refractivity contribution < 1.29 is 21.8 Å². The van der Waals surface area contributed by atoms with E-state index in [1.165, 1.54) is 40.7 Å². The summed E-state index contributed by atoms with van der Waals surface area (Å²) in [5.41, 5.74) is 1.62. The monoisotopic (exact) mass is 473 g/mol. The van der Waals surface area contributed by atoms with E-state index in [-0.39, 0.29) is 17.1 Å². The number of rotatable bonds is 6. The van der Waals surface area contributed by atoms with Crippen LogP contribution in [0, 0.1) is 10.1 Å². The van der Waals surface area contributed by atoms with E-state index < -0.39 is 35.6 Å². The maximum Gasteiger partial charge on any atom is 0.289 e. The van der Waals surface area contributed by atoms with Gasteiger partial charge in [0.15, 0.2) is 4.90 Å². The lowest BCUT2D eigenvalue weighted by Crippen LogP contribution is -2.35. The highest BCUT2D eigenvalue weighted by molar-refractivity contribution is 7.93. The quantitative estimate of drug-likeness (QED) is 0.433. The maximum atomic E-state index is 13.0. The molecule has 1 N–H and O–H groups in total. The lowest BCUT2D eigenvalue weighted by molar-refractivity contribution is -0.387. The van der Waals surface area contributed by atoms with E-state index in [1.54, 1.807) is 0 Å². The molecule has 1 aliphatic heterocycles. The normalized spacial score (nSPS) is 14.5.